The lowest BCUT2D eigenvalue weighted by Crippen LogP contribution is -2.57. The van der Waals surface area contributed by atoms with E-state index in [2.05, 4.69) is 16.0 Å². The number of hydrogen-bond donors (Lipinski definition) is 4. The average molecular weight is 681 g/mol. The van der Waals surface area contributed by atoms with Crippen molar-refractivity contribution in [1.29, 1.82) is 0 Å². The van der Waals surface area contributed by atoms with Crippen LogP contribution in [-0.4, -0.2) is 66.8 Å². The lowest BCUT2D eigenvalue weighted by atomic mass is 9.84. The summed E-state index contributed by atoms with van der Waals surface area (Å²) in [5.41, 5.74) is -0.539. The SMILES string of the molecule is O=C(O)NC(C(=O)Nc1cccc(F)c1CCC1CNC2CCCS(=O)(=O)N1C2)C(c1ccc(F)cc1)c1ccc(C(F)(F)F)cc1. The number of carbonyl (C=O) groups excluding carboxylic acids is 1. The molecule has 0 spiro atoms. The van der Waals surface area contributed by atoms with Crippen molar-refractivity contribution in [3.8, 4) is 0 Å². The number of carboxylic acid groups (broad SMARTS) is 1. The molecule has 252 valence electrons. The Morgan fingerprint density at radius 3 is 2.30 bits per heavy atom. The molecule has 0 aromatic heterocycles. The Morgan fingerprint density at radius 1 is 1.00 bits per heavy atom. The minimum Gasteiger partial charge on any atom is -0.465 e. The molecule has 5 atom stereocenters. The van der Waals surface area contributed by atoms with Gasteiger partial charge in [-0.25, -0.2) is 22.0 Å². The summed E-state index contributed by atoms with van der Waals surface area (Å²) in [6.07, 6.45) is -4.76. The topological polar surface area (TPSA) is 128 Å². The molecule has 0 aliphatic carbocycles. The van der Waals surface area contributed by atoms with Crippen molar-refractivity contribution in [3.63, 3.8) is 0 Å². The Bertz CT molecular complexity index is 1700. The fraction of sp³-hybridized carbons (Fsp3) is 0.375. The summed E-state index contributed by atoms with van der Waals surface area (Å²) < 4.78 is 96.2. The molecule has 2 heterocycles. The third-order valence-electron chi connectivity index (χ3n) is 8.59. The van der Waals surface area contributed by atoms with Crippen LogP contribution in [0.5, 0.6) is 0 Å². The largest absolute Gasteiger partial charge is 0.465 e. The Kier molecular flexibility index (Phi) is 10.2. The minimum absolute atomic E-state index is 0.0119. The molecular formula is C32H33F5N4O5S. The first-order valence-electron chi connectivity index (χ1n) is 15.0. The van der Waals surface area contributed by atoms with Gasteiger partial charge < -0.3 is 21.1 Å². The second-order valence-electron chi connectivity index (χ2n) is 11.7. The normalized spacial score (nSPS) is 22.0. The molecule has 15 heteroatoms. The van der Waals surface area contributed by atoms with Crippen LogP contribution in [0.25, 0.3) is 0 Å². The molecule has 2 aliphatic heterocycles. The van der Waals surface area contributed by atoms with Crippen molar-refractivity contribution in [2.45, 2.75) is 55.9 Å². The highest BCUT2D eigenvalue weighted by Gasteiger charge is 2.38. The predicted molar refractivity (Wildman–Crippen MR) is 163 cm³/mol. The first-order chi connectivity index (χ1) is 22.2. The minimum atomic E-state index is -4.65. The number of rotatable bonds is 9. The molecule has 3 aromatic rings. The molecule has 4 N–H and O–H groups in total. The van der Waals surface area contributed by atoms with Gasteiger partial charge in [0, 0.05) is 42.3 Å². The van der Waals surface area contributed by atoms with Gasteiger partial charge in [0.25, 0.3) is 0 Å². The zero-order valence-corrected chi connectivity index (χ0v) is 25.8. The van der Waals surface area contributed by atoms with Crippen molar-refractivity contribution in [1.82, 2.24) is 14.9 Å². The zero-order valence-electron chi connectivity index (χ0n) is 24.9. The highest BCUT2D eigenvalue weighted by molar-refractivity contribution is 7.89. The van der Waals surface area contributed by atoms with Crippen molar-refractivity contribution < 1.29 is 45.1 Å². The monoisotopic (exact) mass is 680 g/mol. The van der Waals surface area contributed by atoms with Gasteiger partial charge in [-0.05, 0) is 73.2 Å². The van der Waals surface area contributed by atoms with Gasteiger partial charge in [-0.2, -0.15) is 17.5 Å². The first-order valence-corrected chi connectivity index (χ1v) is 16.6. The maximum Gasteiger partial charge on any atom is 0.416 e. The lowest BCUT2D eigenvalue weighted by molar-refractivity contribution is -0.137. The molecule has 2 bridgehead atoms. The molecule has 2 fully saturated rings. The number of halogens is 5. The van der Waals surface area contributed by atoms with E-state index in [4.69, 9.17) is 0 Å². The van der Waals surface area contributed by atoms with Crippen molar-refractivity contribution in [3.05, 3.63) is 101 Å². The number of nitrogens with zero attached hydrogens (tertiary/aromatic N) is 1. The molecule has 0 radical (unpaired) electrons. The van der Waals surface area contributed by atoms with Crippen molar-refractivity contribution in [2.75, 3.05) is 24.2 Å². The molecule has 2 amide bonds. The maximum atomic E-state index is 15.3. The number of anilines is 1. The Morgan fingerprint density at radius 2 is 1.66 bits per heavy atom. The summed E-state index contributed by atoms with van der Waals surface area (Å²) in [4.78, 5) is 25.8. The van der Waals surface area contributed by atoms with E-state index in [9.17, 15) is 40.7 Å². The van der Waals surface area contributed by atoms with E-state index in [1.165, 1.54) is 34.6 Å². The van der Waals surface area contributed by atoms with Crippen LogP contribution in [0.2, 0.25) is 0 Å². The summed E-state index contributed by atoms with van der Waals surface area (Å²) >= 11 is 0. The molecule has 9 nitrogen and oxygen atoms in total. The lowest BCUT2D eigenvalue weighted by Gasteiger charge is -2.37. The van der Waals surface area contributed by atoms with Gasteiger partial charge in [0.2, 0.25) is 15.9 Å². The summed E-state index contributed by atoms with van der Waals surface area (Å²) in [7, 11) is -3.50. The molecule has 47 heavy (non-hydrogen) atoms. The molecule has 0 saturated carbocycles. The summed E-state index contributed by atoms with van der Waals surface area (Å²) in [5, 5.41) is 17.7. The number of piperazine rings is 1. The highest BCUT2D eigenvalue weighted by atomic mass is 32.2. The fourth-order valence-electron chi connectivity index (χ4n) is 6.26. The number of benzene rings is 3. The summed E-state index contributed by atoms with van der Waals surface area (Å²) in [6, 6.07) is 10.4. The first kappa shape index (κ1) is 34.3. The summed E-state index contributed by atoms with van der Waals surface area (Å²) in [5.74, 6) is -3.46. The van der Waals surface area contributed by atoms with Crippen LogP contribution >= 0.6 is 0 Å². The van der Waals surface area contributed by atoms with E-state index in [1.807, 2.05) is 0 Å². The van der Waals surface area contributed by atoms with Crippen LogP contribution in [0.4, 0.5) is 32.4 Å². The van der Waals surface area contributed by atoms with E-state index in [1.54, 1.807) is 0 Å². The number of alkyl halides is 3. The van der Waals surface area contributed by atoms with Crippen LogP contribution in [-0.2, 0) is 27.4 Å². The number of carbonyl (C=O) groups is 2. The number of hydrogen-bond acceptors (Lipinski definition) is 5. The van der Waals surface area contributed by atoms with Gasteiger partial charge in [0.15, 0.2) is 0 Å². The average Bonchev–Trinajstić information content (AvgIpc) is 3.12. The second-order valence-corrected chi connectivity index (χ2v) is 13.7. The van der Waals surface area contributed by atoms with E-state index < -0.39 is 63.4 Å². The number of fused-ring (bicyclic) bond motifs is 2. The number of sulfonamides is 1. The molecule has 3 aromatic carbocycles. The van der Waals surface area contributed by atoms with Gasteiger partial charge in [-0.1, -0.05) is 30.3 Å². The van der Waals surface area contributed by atoms with Crippen LogP contribution in [0, 0.1) is 11.6 Å². The van der Waals surface area contributed by atoms with E-state index in [0.29, 0.717) is 19.5 Å². The Hall–Kier alpha value is -4.08. The molecular weight excluding hydrogens is 647 g/mol. The van der Waals surface area contributed by atoms with Crippen LogP contribution < -0.4 is 16.0 Å². The van der Waals surface area contributed by atoms with Gasteiger partial charge in [0.05, 0.1) is 11.3 Å². The van der Waals surface area contributed by atoms with E-state index in [-0.39, 0.29) is 47.0 Å². The standard InChI is InChI=1S/C32H33F5N4O5S/c33-22-12-8-20(9-13-22)28(19-6-10-21(11-7-19)32(35,36)37)29(40-31(43)44)30(42)39-27-5-1-4-26(34)25(27)15-14-24-17-38-23-3-2-16-47(45,46)41(24)18-23/h1,4-13,23-24,28-29,38,40H,2-3,14-18H2,(H,39,42)(H,43,44). The number of nitrogens with one attached hydrogen (secondary N) is 3. The fourth-order valence-corrected chi connectivity index (χ4v) is 8.06. The smallest absolute Gasteiger partial charge is 0.416 e. The Labute approximate surface area is 268 Å². The number of amides is 2. The second kappa shape index (κ2) is 14.0. The molecule has 5 rings (SSSR count). The van der Waals surface area contributed by atoms with Crippen molar-refractivity contribution >= 4 is 27.7 Å². The molecule has 2 saturated heterocycles. The van der Waals surface area contributed by atoms with Crippen LogP contribution in [0.3, 0.4) is 0 Å². The Balaban J connectivity index is 1.44. The third-order valence-corrected chi connectivity index (χ3v) is 10.6. The summed E-state index contributed by atoms with van der Waals surface area (Å²) in [6.45, 7) is 0.683. The predicted octanol–water partition coefficient (Wildman–Crippen LogP) is 5.09. The molecule has 5 unspecified atom stereocenters. The van der Waals surface area contributed by atoms with Crippen LogP contribution in [0.15, 0.2) is 66.7 Å². The highest BCUT2D eigenvalue weighted by Crippen LogP contribution is 2.34. The van der Waals surface area contributed by atoms with Gasteiger partial charge in [-0.3, -0.25) is 4.79 Å². The van der Waals surface area contributed by atoms with Crippen LogP contribution in [0.1, 0.15) is 47.4 Å². The third kappa shape index (κ3) is 8.08. The van der Waals surface area contributed by atoms with E-state index >= 15 is 4.39 Å². The van der Waals surface area contributed by atoms with Gasteiger partial charge in [-0.15, -0.1) is 0 Å². The molecule has 2 aliphatic rings. The zero-order chi connectivity index (χ0) is 33.9. The quantitative estimate of drug-likeness (QED) is 0.233. The maximum absolute atomic E-state index is 15.3. The van der Waals surface area contributed by atoms with Gasteiger partial charge in [0.1, 0.15) is 17.7 Å². The van der Waals surface area contributed by atoms with Gasteiger partial charge >= 0.3 is 12.3 Å². The van der Waals surface area contributed by atoms with Crippen molar-refractivity contribution in [2.24, 2.45) is 0 Å². The van der Waals surface area contributed by atoms with E-state index in [0.717, 1.165) is 42.8 Å².